The van der Waals surface area contributed by atoms with Crippen molar-refractivity contribution in [2.45, 2.75) is 64.2 Å². The highest BCUT2D eigenvalue weighted by atomic mass is 16.7. The number of alkyl carbamates (subject to hydrolysis) is 1. The van der Waals surface area contributed by atoms with E-state index in [0.29, 0.717) is 0 Å². The van der Waals surface area contributed by atoms with Crippen LogP contribution in [0.25, 0.3) is 5.57 Å². The van der Waals surface area contributed by atoms with Crippen molar-refractivity contribution in [1.29, 1.82) is 0 Å². The molecule has 3 rings (SSSR count). The van der Waals surface area contributed by atoms with Crippen molar-refractivity contribution < 1.29 is 18.8 Å². The standard InChI is InChI=1S/C20H28BNO4/c1-19(2)20(3,4)26-21(25-19)16-10-6-14(7-11-16)15-8-12-17(13-9-15)22-18(23)24-5/h6-8,10-11,17H,9,12-13H2,1-5H3,(H,22,23). The van der Waals surface area contributed by atoms with Gasteiger partial charge in [-0.05, 0) is 63.6 Å². The molecule has 0 radical (unpaired) electrons. The van der Waals surface area contributed by atoms with Crippen LogP contribution in [0.1, 0.15) is 52.5 Å². The third-order valence-corrected chi connectivity index (χ3v) is 5.73. The Balaban J connectivity index is 1.65. The van der Waals surface area contributed by atoms with Gasteiger partial charge >= 0.3 is 13.2 Å². The largest absolute Gasteiger partial charge is 0.494 e. The molecule has 6 heteroatoms. The first-order valence-electron chi connectivity index (χ1n) is 9.21. The summed E-state index contributed by atoms with van der Waals surface area (Å²) in [5.74, 6) is 0. The number of carbonyl (C=O) groups is 1. The van der Waals surface area contributed by atoms with E-state index < -0.39 is 0 Å². The molecule has 1 heterocycles. The molecule has 0 aromatic heterocycles. The van der Waals surface area contributed by atoms with Crippen molar-refractivity contribution in [2.75, 3.05) is 7.11 Å². The Labute approximate surface area is 156 Å². The summed E-state index contributed by atoms with van der Waals surface area (Å²) in [5.41, 5.74) is 2.90. The van der Waals surface area contributed by atoms with Gasteiger partial charge in [0.2, 0.25) is 0 Å². The maximum Gasteiger partial charge on any atom is 0.494 e. The molecule has 1 aromatic carbocycles. The van der Waals surface area contributed by atoms with Gasteiger partial charge in [0.05, 0.1) is 18.3 Å². The minimum absolute atomic E-state index is 0.148. The number of ether oxygens (including phenoxy) is 1. The van der Waals surface area contributed by atoms with Crippen LogP contribution in [-0.2, 0) is 14.0 Å². The second kappa shape index (κ2) is 7.08. The molecule has 1 fully saturated rings. The fraction of sp³-hybridized carbons (Fsp3) is 0.550. The summed E-state index contributed by atoms with van der Waals surface area (Å²) in [5, 5.41) is 2.86. The molecule has 5 nitrogen and oxygen atoms in total. The van der Waals surface area contributed by atoms with Crippen LogP contribution in [0.15, 0.2) is 30.3 Å². The Morgan fingerprint density at radius 1 is 1.15 bits per heavy atom. The van der Waals surface area contributed by atoms with Crippen LogP contribution in [0.5, 0.6) is 0 Å². The second-order valence-electron chi connectivity index (χ2n) is 8.05. The average molecular weight is 357 g/mol. The first-order chi connectivity index (χ1) is 12.2. The summed E-state index contributed by atoms with van der Waals surface area (Å²) in [6.07, 6.45) is 4.51. The number of hydrogen-bond acceptors (Lipinski definition) is 4. The molecule has 26 heavy (non-hydrogen) atoms. The lowest BCUT2D eigenvalue weighted by Crippen LogP contribution is -2.41. The van der Waals surface area contributed by atoms with Crippen LogP contribution >= 0.6 is 0 Å². The van der Waals surface area contributed by atoms with Crippen molar-refractivity contribution >= 4 is 24.2 Å². The van der Waals surface area contributed by atoms with Crippen molar-refractivity contribution in [2.24, 2.45) is 0 Å². The minimum atomic E-state index is -0.362. The number of benzene rings is 1. The predicted molar refractivity (Wildman–Crippen MR) is 103 cm³/mol. The van der Waals surface area contributed by atoms with Crippen molar-refractivity contribution in [3.8, 4) is 0 Å². The van der Waals surface area contributed by atoms with Gasteiger partial charge in [0.15, 0.2) is 0 Å². The number of allylic oxidation sites excluding steroid dienone is 1. The van der Waals surface area contributed by atoms with Gasteiger partial charge in [0.25, 0.3) is 0 Å². The lowest BCUT2D eigenvalue weighted by molar-refractivity contribution is 0.00578. The van der Waals surface area contributed by atoms with E-state index in [1.54, 1.807) is 0 Å². The number of amides is 1. The van der Waals surface area contributed by atoms with Crippen LogP contribution in [0.3, 0.4) is 0 Å². The van der Waals surface area contributed by atoms with Gasteiger partial charge in [0.1, 0.15) is 0 Å². The summed E-state index contributed by atoms with van der Waals surface area (Å²) < 4.78 is 16.9. The van der Waals surface area contributed by atoms with E-state index in [0.717, 1.165) is 24.7 Å². The summed E-state index contributed by atoms with van der Waals surface area (Å²) >= 11 is 0. The van der Waals surface area contributed by atoms with Gasteiger partial charge in [-0.25, -0.2) is 4.79 Å². The van der Waals surface area contributed by atoms with Gasteiger partial charge in [0, 0.05) is 6.04 Å². The molecule has 1 N–H and O–H groups in total. The Bertz CT molecular complexity index is 680. The summed E-state index contributed by atoms with van der Waals surface area (Å²) in [7, 11) is 1.06. The number of methoxy groups -OCH3 is 1. The van der Waals surface area contributed by atoms with Gasteiger partial charge in [-0.15, -0.1) is 0 Å². The molecular weight excluding hydrogens is 329 g/mol. The molecule has 1 amide bonds. The molecule has 140 valence electrons. The molecule has 1 unspecified atom stereocenters. The zero-order valence-electron chi connectivity index (χ0n) is 16.3. The zero-order chi connectivity index (χ0) is 18.9. The zero-order valence-corrected chi connectivity index (χ0v) is 16.3. The molecule has 1 aliphatic carbocycles. The van der Waals surface area contributed by atoms with Gasteiger partial charge < -0.3 is 19.4 Å². The molecule has 2 aliphatic rings. The maximum absolute atomic E-state index is 11.3. The lowest BCUT2D eigenvalue weighted by Gasteiger charge is -2.32. The molecule has 1 aromatic rings. The first-order valence-corrected chi connectivity index (χ1v) is 9.21. The van der Waals surface area contributed by atoms with Crippen molar-refractivity contribution in [3.63, 3.8) is 0 Å². The van der Waals surface area contributed by atoms with Crippen LogP contribution in [0.4, 0.5) is 4.79 Å². The van der Waals surface area contributed by atoms with Gasteiger partial charge in [-0.1, -0.05) is 30.3 Å². The van der Waals surface area contributed by atoms with E-state index >= 15 is 0 Å². The third kappa shape index (κ3) is 3.81. The highest BCUT2D eigenvalue weighted by Gasteiger charge is 2.51. The van der Waals surface area contributed by atoms with Crippen LogP contribution in [-0.4, -0.2) is 37.6 Å². The summed E-state index contributed by atoms with van der Waals surface area (Å²) in [6, 6.07) is 8.56. The molecule has 1 atom stereocenters. The number of rotatable bonds is 3. The van der Waals surface area contributed by atoms with E-state index in [1.807, 2.05) is 0 Å². The van der Waals surface area contributed by atoms with Crippen LogP contribution < -0.4 is 10.8 Å². The number of nitrogens with one attached hydrogen (secondary N) is 1. The Morgan fingerprint density at radius 2 is 1.77 bits per heavy atom. The predicted octanol–water partition coefficient (Wildman–Crippen LogP) is 3.28. The number of hydrogen-bond donors (Lipinski definition) is 1. The first kappa shape index (κ1) is 19.0. The lowest BCUT2D eigenvalue weighted by atomic mass is 9.78. The molecule has 0 bridgehead atoms. The van der Waals surface area contributed by atoms with Crippen LogP contribution in [0.2, 0.25) is 0 Å². The number of carbonyl (C=O) groups excluding carboxylic acids is 1. The molecule has 0 saturated carbocycles. The van der Waals surface area contributed by atoms with Crippen molar-refractivity contribution in [3.05, 3.63) is 35.9 Å². The van der Waals surface area contributed by atoms with E-state index in [9.17, 15) is 4.79 Å². The van der Waals surface area contributed by atoms with E-state index in [2.05, 4.69) is 68.1 Å². The molecule has 1 saturated heterocycles. The Morgan fingerprint density at radius 3 is 2.27 bits per heavy atom. The average Bonchev–Trinajstić information content (AvgIpc) is 2.83. The highest BCUT2D eigenvalue weighted by molar-refractivity contribution is 6.62. The monoisotopic (exact) mass is 357 g/mol. The summed E-state index contributed by atoms with van der Waals surface area (Å²) in [6.45, 7) is 8.25. The Kier molecular flexibility index (Phi) is 5.17. The Hall–Kier alpha value is -1.79. The smallest absolute Gasteiger partial charge is 0.453 e. The fourth-order valence-electron chi connectivity index (χ4n) is 3.29. The van der Waals surface area contributed by atoms with Gasteiger partial charge in [-0.3, -0.25) is 0 Å². The molecule has 1 aliphatic heterocycles. The quantitative estimate of drug-likeness (QED) is 0.844. The van der Waals surface area contributed by atoms with Crippen molar-refractivity contribution in [1.82, 2.24) is 5.32 Å². The molecule has 0 spiro atoms. The van der Waals surface area contributed by atoms with Gasteiger partial charge in [-0.2, -0.15) is 0 Å². The third-order valence-electron chi connectivity index (χ3n) is 5.73. The van der Waals surface area contributed by atoms with E-state index in [-0.39, 0.29) is 30.5 Å². The second-order valence-corrected chi connectivity index (χ2v) is 8.05. The maximum atomic E-state index is 11.3. The summed E-state index contributed by atoms with van der Waals surface area (Å²) in [4.78, 5) is 11.3. The highest BCUT2D eigenvalue weighted by Crippen LogP contribution is 2.36. The SMILES string of the molecule is COC(=O)NC1CC=C(c2ccc(B3OC(C)(C)C(C)(C)O3)cc2)CC1. The minimum Gasteiger partial charge on any atom is -0.453 e. The normalized spacial score (nSPS) is 24.1. The molecular formula is C20H28BNO4. The van der Waals surface area contributed by atoms with E-state index in [1.165, 1.54) is 18.2 Å². The fourth-order valence-corrected chi connectivity index (χ4v) is 3.29. The topological polar surface area (TPSA) is 56.8 Å². The van der Waals surface area contributed by atoms with Crippen LogP contribution in [0, 0.1) is 0 Å². The van der Waals surface area contributed by atoms with E-state index in [4.69, 9.17) is 9.31 Å².